The second-order valence-corrected chi connectivity index (χ2v) is 8.38. The van der Waals surface area contributed by atoms with E-state index in [1.807, 2.05) is 18.2 Å². The van der Waals surface area contributed by atoms with Crippen LogP contribution < -0.4 is 10.1 Å². The lowest BCUT2D eigenvalue weighted by Gasteiger charge is -2.30. The van der Waals surface area contributed by atoms with E-state index >= 15 is 0 Å². The summed E-state index contributed by atoms with van der Waals surface area (Å²) in [4.78, 5) is 0. The molecule has 2 atom stereocenters. The number of nitrogens with one attached hydrogen (secondary N) is 1. The fourth-order valence-corrected chi connectivity index (χ4v) is 5.19. The van der Waals surface area contributed by atoms with Crippen LogP contribution in [0.15, 0.2) is 72.3 Å². The number of para-hydroxylation sites is 1. The molecule has 0 aliphatic carbocycles. The third-order valence-electron chi connectivity index (χ3n) is 6.48. The molecule has 2 fully saturated rings. The van der Waals surface area contributed by atoms with Gasteiger partial charge in [0, 0.05) is 23.2 Å². The van der Waals surface area contributed by atoms with Crippen molar-refractivity contribution in [3.63, 3.8) is 0 Å². The zero-order valence-corrected chi connectivity index (χ0v) is 16.2. The average Bonchev–Trinajstić information content (AvgIpc) is 3.09. The molecular weight excluding hydrogens is 358 g/mol. The molecule has 0 radical (unpaired) electrons. The predicted octanol–water partition coefficient (Wildman–Crippen LogP) is 5.88. The molecule has 3 heteroatoms. The van der Waals surface area contributed by atoms with Crippen LogP contribution in [0.3, 0.4) is 0 Å². The summed E-state index contributed by atoms with van der Waals surface area (Å²) in [5, 5.41) is 13.6. The van der Waals surface area contributed by atoms with Crippen LogP contribution >= 0.6 is 0 Å². The topological polar surface area (TPSA) is 41.5 Å². The molecule has 2 unspecified atom stereocenters. The fourth-order valence-electron chi connectivity index (χ4n) is 5.19. The molecule has 3 aromatic carbocycles. The molecule has 144 valence electrons. The first-order chi connectivity index (χ1) is 14.2. The number of benzene rings is 3. The van der Waals surface area contributed by atoms with Gasteiger partial charge in [0.1, 0.15) is 17.2 Å². The van der Waals surface area contributed by atoms with Crippen LogP contribution in [0.4, 0.5) is 0 Å². The van der Waals surface area contributed by atoms with Gasteiger partial charge in [-0.05, 0) is 72.7 Å². The smallest absolute Gasteiger partial charge is 0.135 e. The van der Waals surface area contributed by atoms with Gasteiger partial charge in [-0.25, -0.2) is 0 Å². The molecule has 0 amide bonds. The second-order valence-electron chi connectivity index (χ2n) is 8.38. The second kappa shape index (κ2) is 6.50. The van der Waals surface area contributed by atoms with Crippen LogP contribution in [-0.4, -0.2) is 17.2 Å². The minimum atomic E-state index is 0.277. The van der Waals surface area contributed by atoms with Crippen LogP contribution in [0.25, 0.3) is 16.7 Å². The van der Waals surface area contributed by atoms with Crippen molar-refractivity contribution in [2.75, 3.05) is 0 Å². The van der Waals surface area contributed by atoms with Crippen LogP contribution in [0, 0.1) is 0 Å². The zero-order chi connectivity index (χ0) is 19.4. The minimum absolute atomic E-state index is 0.277. The van der Waals surface area contributed by atoms with E-state index in [1.165, 1.54) is 29.5 Å². The van der Waals surface area contributed by atoms with Gasteiger partial charge in [0.05, 0.1) is 0 Å². The molecular formula is C26H23NO2. The van der Waals surface area contributed by atoms with Crippen molar-refractivity contribution in [1.82, 2.24) is 5.32 Å². The first-order valence-electron chi connectivity index (χ1n) is 10.4. The Morgan fingerprint density at radius 2 is 1.52 bits per heavy atom. The van der Waals surface area contributed by atoms with Crippen molar-refractivity contribution in [3.05, 3.63) is 83.4 Å². The number of phenols is 1. The van der Waals surface area contributed by atoms with Crippen molar-refractivity contribution in [2.45, 2.75) is 37.8 Å². The number of piperidine rings is 1. The van der Waals surface area contributed by atoms with Gasteiger partial charge < -0.3 is 15.2 Å². The largest absolute Gasteiger partial charge is 0.508 e. The summed E-state index contributed by atoms with van der Waals surface area (Å²) in [5.74, 6) is 2.11. The Bertz CT molecular complexity index is 1130. The number of hydrogen-bond acceptors (Lipinski definition) is 3. The lowest BCUT2D eigenvalue weighted by molar-refractivity contribution is 0.465. The average molecular weight is 381 g/mol. The van der Waals surface area contributed by atoms with E-state index in [2.05, 4.69) is 41.7 Å². The van der Waals surface area contributed by atoms with E-state index in [1.54, 1.807) is 17.7 Å². The number of ether oxygens (including phenoxy) is 1. The van der Waals surface area contributed by atoms with Gasteiger partial charge in [-0.2, -0.15) is 0 Å². The highest BCUT2D eigenvalue weighted by atomic mass is 16.5. The molecule has 6 rings (SSSR count). The lowest BCUT2D eigenvalue weighted by atomic mass is 9.84. The Morgan fingerprint density at radius 1 is 0.759 bits per heavy atom. The normalized spacial score (nSPS) is 22.1. The summed E-state index contributed by atoms with van der Waals surface area (Å²) >= 11 is 0. The first-order valence-corrected chi connectivity index (χ1v) is 10.4. The van der Waals surface area contributed by atoms with Crippen molar-refractivity contribution in [3.8, 4) is 28.4 Å². The molecule has 2 N–H and O–H groups in total. The maximum atomic E-state index is 9.87. The third kappa shape index (κ3) is 2.85. The molecule has 2 bridgehead atoms. The summed E-state index contributed by atoms with van der Waals surface area (Å²) in [6.45, 7) is 0. The SMILES string of the molecule is Oc1cccc(-c2ccc3c(c2)Oc2ccccc2C3=C2CC3CCC(C2)N3)c1. The fraction of sp³-hybridized carbons (Fsp3) is 0.231. The highest BCUT2D eigenvalue weighted by molar-refractivity contribution is 5.91. The van der Waals surface area contributed by atoms with Gasteiger partial charge >= 0.3 is 0 Å². The Kier molecular flexibility index (Phi) is 3.78. The van der Waals surface area contributed by atoms with E-state index < -0.39 is 0 Å². The Labute approximate surface area is 170 Å². The van der Waals surface area contributed by atoms with Crippen molar-refractivity contribution in [2.24, 2.45) is 0 Å². The Morgan fingerprint density at radius 3 is 2.34 bits per heavy atom. The van der Waals surface area contributed by atoms with Gasteiger partial charge in [-0.15, -0.1) is 0 Å². The standard InChI is InChI=1S/C26H23NO2/c28-21-5-3-4-16(14-21)17-8-11-23-25(15-17)29-24-7-2-1-6-22(24)26(23)18-12-19-9-10-20(13-18)27-19/h1-8,11,14-15,19-20,27-28H,9-10,12-13H2. The van der Waals surface area contributed by atoms with Crippen LogP contribution in [0.1, 0.15) is 36.8 Å². The summed E-state index contributed by atoms with van der Waals surface area (Å²) in [6.07, 6.45) is 4.80. The Balaban J connectivity index is 1.52. The van der Waals surface area contributed by atoms with E-state index in [9.17, 15) is 5.11 Å². The summed E-state index contributed by atoms with van der Waals surface area (Å²) in [6, 6.07) is 23.4. The highest BCUT2D eigenvalue weighted by Crippen LogP contribution is 2.48. The molecule has 0 saturated carbocycles. The number of hydrogen-bond donors (Lipinski definition) is 2. The van der Waals surface area contributed by atoms with Crippen molar-refractivity contribution < 1.29 is 9.84 Å². The number of phenolic OH excluding ortho intramolecular Hbond substituents is 1. The van der Waals surface area contributed by atoms with Crippen LogP contribution in [0.2, 0.25) is 0 Å². The zero-order valence-electron chi connectivity index (χ0n) is 16.2. The molecule has 2 saturated heterocycles. The molecule has 29 heavy (non-hydrogen) atoms. The molecule has 3 aliphatic heterocycles. The molecule has 3 aromatic rings. The number of fused-ring (bicyclic) bond motifs is 4. The summed E-state index contributed by atoms with van der Waals surface area (Å²) in [5.41, 5.74) is 7.35. The molecule has 3 aliphatic rings. The lowest BCUT2D eigenvalue weighted by Crippen LogP contribution is -2.35. The predicted molar refractivity (Wildman–Crippen MR) is 115 cm³/mol. The first kappa shape index (κ1) is 16.9. The van der Waals surface area contributed by atoms with Gasteiger partial charge in [-0.3, -0.25) is 0 Å². The Hall–Kier alpha value is -3.04. The molecule has 3 heterocycles. The van der Waals surface area contributed by atoms with Crippen LogP contribution in [-0.2, 0) is 0 Å². The van der Waals surface area contributed by atoms with E-state index in [4.69, 9.17) is 4.74 Å². The monoisotopic (exact) mass is 381 g/mol. The quantitative estimate of drug-likeness (QED) is 0.432. The van der Waals surface area contributed by atoms with Gasteiger partial charge in [0.2, 0.25) is 0 Å². The van der Waals surface area contributed by atoms with E-state index in [0.717, 1.165) is 35.5 Å². The summed E-state index contributed by atoms with van der Waals surface area (Å²) < 4.78 is 6.35. The highest BCUT2D eigenvalue weighted by Gasteiger charge is 2.34. The van der Waals surface area contributed by atoms with Crippen molar-refractivity contribution in [1.29, 1.82) is 0 Å². The minimum Gasteiger partial charge on any atom is -0.508 e. The van der Waals surface area contributed by atoms with Crippen molar-refractivity contribution >= 4 is 5.57 Å². The van der Waals surface area contributed by atoms with Gasteiger partial charge in [0.15, 0.2) is 0 Å². The molecule has 0 spiro atoms. The summed E-state index contributed by atoms with van der Waals surface area (Å²) in [7, 11) is 0. The van der Waals surface area contributed by atoms with Crippen LogP contribution in [0.5, 0.6) is 17.2 Å². The number of rotatable bonds is 1. The van der Waals surface area contributed by atoms with Gasteiger partial charge in [-0.1, -0.05) is 42.0 Å². The molecule has 0 aromatic heterocycles. The van der Waals surface area contributed by atoms with Gasteiger partial charge in [0.25, 0.3) is 0 Å². The van der Waals surface area contributed by atoms with E-state index in [-0.39, 0.29) is 5.75 Å². The number of aromatic hydroxyl groups is 1. The third-order valence-corrected chi connectivity index (χ3v) is 6.48. The van der Waals surface area contributed by atoms with E-state index in [0.29, 0.717) is 12.1 Å². The maximum absolute atomic E-state index is 9.87. The maximum Gasteiger partial charge on any atom is 0.135 e. The molecule has 3 nitrogen and oxygen atoms in total.